The maximum absolute atomic E-state index is 8.52. The van der Waals surface area contributed by atoms with E-state index in [0.29, 0.717) is 31.0 Å². The number of hydrogen-bond donors (Lipinski definition) is 0. The summed E-state index contributed by atoms with van der Waals surface area (Å²) in [4.78, 5) is 0. The molecule has 2 aromatic rings. The predicted octanol–water partition coefficient (Wildman–Crippen LogP) is 1.56. The van der Waals surface area contributed by atoms with E-state index in [-0.39, 0.29) is 6.61 Å². The summed E-state index contributed by atoms with van der Waals surface area (Å²) in [5, 5.41) is 19.9. The van der Waals surface area contributed by atoms with Gasteiger partial charge in [0.15, 0.2) is 5.82 Å². The van der Waals surface area contributed by atoms with Crippen molar-refractivity contribution in [3.63, 3.8) is 0 Å². The average Bonchev–Trinajstić information content (AvgIpc) is 2.93. The minimum atomic E-state index is 0.271. The first-order chi connectivity index (χ1) is 9.83. The van der Waals surface area contributed by atoms with Gasteiger partial charge in [-0.3, -0.25) is 0 Å². The number of nitrogens with zero attached hydrogens (tertiary/aromatic N) is 5. The van der Waals surface area contributed by atoms with Crippen LogP contribution >= 0.6 is 0 Å². The molecule has 1 aromatic heterocycles. The lowest BCUT2D eigenvalue weighted by Gasteiger charge is -2.07. The molecule has 1 heterocycles. The molecule has 0 radical (unpaired) electrons. The van der Waals surface area contributed by atoms with Crippen LogP contribution in [0.1, 0.15) is 18.7 Å². The molecule has 7 nitrogen and oxygen atoms in total. The smallest absolute Gasteiger partial charge is 0.189 e. The molecule has 2 rings (SSSR count). The third kappa shape index (κ3) is 3.68. The monoisotopic (exact) mass is 273 g/mol. The Morgan fingerprint density at radius 1 is 1.35 bits per heavy atom. The average molecular weight is 273 g/mol. The van der Waals surface area contributed by atoms with E-state index in [2.05, 4.69) is 21.6 Å². The van der Waals surface area contributed by atoms with Gasteiger partial charge in [0.05, 0.1) is 13.2 Å². The van der Waals surface area contributed by atoms with Crippen molar-refractivity contribution in [2.45, 2.75) is 26.0 Å². The van der Waals surface area contributed by atoms with Crippen molar-refractivity contribution in [1.29, 1.82) is 5.26 Å². The zero-order chi connectivity index (χ0) is 14.2. The summed E-state index contributed by atoms with van der Waals surface area (Å²) in [5.41, 5.74) is 0. The number of tetrazole rings is 1. The Balaban J connectivity index is 1.93. The lowest BCUT2D eigenvalue weighted by Crippen LogP contribution is -2.09. The van der Waals surface area contributed by atoms with Gasteiger partial charge >= 0.3 is 0 Å². The number of nitriles is 1. The molecule has 0 bridgehead atoms. The molecule has 0 saturated heterocycles. The molecule has 7 heteroatoms. The van der Waals surface area contributed by atoms with Crippen molar-refractivity contribution < 1.29 is 9.47 Å². The summed E-state index contributed by atoms with van der Waals surface area (Å²) >= 11 is 0. The van der Waals surface area contributed by atoms with Gasteiger partial charge in [0.25, 0.3) is 0 Å². The zero-order valence-electron chi connectivity index (χ0n) is 11.2. The first kappa shape index (κ1) is 13.8. The molecule has 0 saturated carbocycles. The van der Waals surface area contributed by atoms with Gasteiger partial charge in [-0.1, -0.05) is 6.07 Å². The van der Waals surface area contributed by atoms with Crippen LogP contribution in [-0.2, 0) is 13.2 Å². The Bertz CT molecular complexity index is 590. The Labute approximate surface area is 116 Å². The van der Waals surface area contributed by atoms with Crippen LogP contribution < -0.4 is 9.47 Å². The van der Waals surface area contributed by atoms with Crippen LogP contribution in [0.3, 0.4) is 0 Å². The molecular formula is C13H15N5O2. The predicted molar refractivity (Wildman–Crippen MR) is 70.0 cm³/mol. The Hall–Kier alpha value is -2.62. The summed E-state index contributed by atoms with van der Waals surface area (Å²) in [7, 11) is 1.61. The molecule has 1 aromatic carbocycles. The Kier molecular flexibility index (Phi) is 4.89. The minimum Gasteiger partial charge on any atom is -0.497 e. The number of rotatable bonds is 7. The van der Waals surface area contributed by atoms with E-state index < -0.39 is 0 Å². The van der Waals surface area contributed by atoms with Gasteiger partial charge in [-0.05, 0) is 29.0 Å². The van der Waals surface area contributed by atoms with Crippen molar-refractivity contribution in [3.05, 3.63) is 30.1 Å². The van der Waals surface area contributed by atoms with E-state index in [4.69, 9.17) is 14.7 Å². The number of unbranched alkanes of at least 4 members (excludes halogenated alkanes) is 1. The summed E-state index contributed by atoms with van der Waals surface area (Å²) in [6, 6.07) is 9.43. The third-order valence-electron chi connectivity index (χ3n) is 2.67. The van der Waals surface area contributed by atoms with Gasteiger partial charge in [0.2, 0.25) is 0 Å². The van der Waals surface area contributed by atoms with Crippen LogP contribution in [0, 0.1) is 11.3 Å². The molecular weight excluding hydrogens is 258 g/mol. The second-order valence-corrected chi connectivity index (χ2v) is 4.05. The normalized spacial score (nSPS) is 10.0. The summed E-state index contributed by atoms with van der Waals surface area (Å²) in [5.74, 6) is 2.05. The molecule has 0 aliphatic carbocycles. The number of hydrogen-bond acceptors (Lipinski definition) is 6. The highest BCUT2D eigenvalue weighted by Crippen LogP contribution is 2.19. The van der Waals surface area contributed by atoms with Gasteiger partial charge in [-0.2, -0.15) is 5.26 Å². The number of aromatic nitrogens is 4. The molecule has 0 amide bonds. The lowest BCUT2D eigenvalue weighted by atomic mass is 10.3. The van der Waals surface area contributed by atoms with E-state index in [0.717, 1.165) is 5.75 Å². The van der Waals surface area contributed by atoms with Crippen molar-refractivity contribution in [3.8, 4) is 17.6 Å². The van der Waals surface area contributed by atoms with Gasteiger partial charge < -0.3 is 9.47 Å². The summed E-state index contributed by atoms with van der Waals surface area (Å²) < 4.78 is 12.4. The first-order valence-electron chi connectivity index (χ1n) is 6.22. The number of ether oxygens (including phenoxy) is 2. The van der Waals surface area contributed by atoms with Gasteiger partial charge in [-0.25, -0.2) is 4.68 Å². The maximum atomic E-state index is 8.52. The SMILES string of the molecule is COc1cccc(OCc2nnnn2CCCC#N)c1. The van der Waals surface area contributed by atoms with Crippen LogP contribution in [-0.4, -0.2) is 27.3 Å². The van der Waals surface area contributed by atoms with Gasteiger partial charge in [0.1, 0.15) is 18.1 Å². The standard InChI is InChI=1S/C13H15N5O2/c1-19-11-5-4-6-12(9-11)20-10-13-15-16-17-18(13)8-3-2-7-14/h4-6,9H,2-3,8,10H2,1H3. The lowest BCUT2D eigenvalue weighted by molar-refractivity contribution is 0.284. The van der Waals surface area contributed by atoms with E-state index in [1.54, 1.807) is 17.9 Å². The van der Waals surface area contributed by atoms with Crippen molar-refractivity contribution in [2.75, 3.05) is 7.11 Å². The molecule has 0 fully saturated rings. The highest BCUT2D eigenvalue weighted by Gasteiger charge is 2.07. The third-order valence-corrected chi connectivity index (χ3v) is 2.67. The van der Waals surface area contributed by atoms with Crippen LogP contribution in [0.15, 0.2) is 24.3 Å². The van der Waals surface area contributed by atoms with Crippen LogP contribution in [0.5, 0.6) is 11.5 Å². The van der Waals surface area contributed by atoms with Crippen LogP contribution in [0.4, 0.5) is 0 Å². The largest absolute Gasteiger partial charge is 0.497 e. The molecule has 0 atom stereocenters. The second kappa shape index (κ2) is 7.09. The van der Waals surface area contributed by atoms with Gasteiger partial charge in [0, 0.05) is 19.0 Å². The molecule has 0 N–H and O–H groups in total. The summed E-state index contributed by atoms with van der Waals surface area (Å²) in [6.45, 7) is 0.879. The van der Waals surface area contributed by atoms with Gasteiger partial charge in [-0.15, -0.1) is 5.10 Å². The van der Waals surface area contributed by atoms with Crippen LogP contribution in [0.25, 0.3) is 0 Å². The Morgan fingerprint density at radius 2 is 2.20 bits per heavy atom. The van der Waals surface area contributed by atoms with Crippen molar-refractivity contribution in [1.82, 2.24) is 20.2 Å². The maximum Gasteiger partial charge on any atom is 0.189 e. The fourth-order valence-electron chi connectivity index (χ4n) is 1.65. The first-order valence-corrected chi connectivity index (χ1v) is 6.22. The molecule has 0 unspecified atom stereocenters. The Morgan fingerprint density at radius 3 is 3.00 bits per heavy atom. The quantitative estimate of drug-likeness (QED) is 0.712. The van der Waals surface area contributed by atoms with Crippen molar-refractivity contribution in [2.24, 2.45) is 0 Å². The molecule has 0 aliphatic heterocycles. The van der Waals surface area contributed by atoms with E-state index in [9.17, 15) is 0 Å². The van der Waals surface area contributed by atoms with Crippen LogP contribution in [0.2, 0.25) is 0 Å². The number of aryl methyl sites for hydroxylation is 1. The second-order valence-electron chi connectivity index (χ2n) is 4.05. The number of benzene rings is 1. The molecule has 0 aliphatic rings. The highest BCUT2D eigenvalue weighted by atomic mass is 16.5. The fourth-order valence-corrected chi connectivity index (χ4v) is 1.65. The minimum absolute atomic E-state index is 0.271. The summed E-state index contributed by atoms with van der Waals surface area (Å²) in [6.07, 6.45) is 1.20. The molecule has 0 spiro atoms. The number of methoxy groups -OCH3 is 1. The van der Waals surface area contributed by atoms with E-state index >= 15 is 0 Å². The zero-order valence-corrected chi connectivity index (χ0v) is 11.2. The van der Waals surface area contributed by atoms with Crippen molar-refractivity contribution >= 4 is 0 Å². The highest BCUT2D eigenvalue weighted by molar-refractivity contribution is 5.32. The van der Waals surface area contributed by atoms with E-state index in [1.807, 2.05) is 18.2 Å². The fraction of sp³-hybridized carbons (Fsp3) is 0.385. The van der Waals surface area contributed by atoms with E-state index in [1.165, 1.54) is 0 Å². The topological polar surface area (TPSA) is 85.8 Å². The molecule has 20 heavy (non-hydrogen) atoms. The molecule has 104 valence electrons.